The third-order valence-corrected chi connectivity index (χ3v) is 4.98. The summed E-state index contributed by atoms with van der Waals surface area (Å²) in [5, 5.41) is 12.3. The molecule has 0 aliphatic rings. The lowest BCUT2D eigenvalue weighted by Gasteiger charge is -2.10. The molecule has 7 nitrogen and oxygen atoms in total. The number of hydrogen-bond donors (Lipinski definition) is 2. The zero-order valence-corrected chi connectivity index (χ0v) is 16.2. The molecule has 0 atom stereocenters. The van der Waals surface area contributed by atoms with E-state index in [9.17, 15) is 4.79 Å². The van der Waals surface area contributed by atoms with Crippen LogP contribution in [0.5, 0.6) is 0 Å². The Balaban J connectivity index is 1.47. The van der Waals surface area contributed by atoms with Crippen LogP contribution in [0.1, 0.15) is 21.1 Å². The average molecular weight is 390 g/mol. The summed E-state index contributed by atoms with van der Waals surface area (Å²) in [7, 11) is 0. The molecule has 3 aromatic heterocycles. The number of hydrogen-bond acceptors (Lipinski definition) is 6. The van der Waals surface area contributed by atoms with Crippen LogP contribution < -0.4 is 10.6 Å². The molecule has 8 heteroatoms. The van der Waals surface area contributed by atoms with Crippen molar-refractivity contribution in [2.75, 3.05) is 10.6 Å². The standard InChI is InChI=1S/C20H18N6OS/c1-13-10-17(28-12-13)20(27)25-16-6-4-15(5-7-16)24-18-11-19(23-14(2)22-18)26-9-3-8-21-26/h3-12H,1-2H3,(H,25,27)(H,22,23,24). The lowest BCUT2D eigenvalue weighted by molar-refractivity contribution is 0.103. The van der Waals surface area contributed by atoms with Crippen molar-refractivity contribution in [2.45, 2.75) is 13.8 Å². The molecule has 0 bridgehead atoms. The third kappa shape index (κ3) is 4.07. The molecule has 0 saturated carbocycles. The van der Waals surface area contributed by atoms with Crippen LogP contribution in [0, 0.1) is 13.8 Å². The molecule has 0 saturated heterocycles. The number of rotatable bonds is 5. The van der Waals surface area contributed by atoms with Gasteiger partial charge in [0.1, 0.15) is 11.6 Å². The quantitative estimate of drug-likeness (QED) is 0.530. The number of aryl methyl sites for hydroxylation is 2. The van der Waals surface area contributed by atoms with E-state index in [1.54, 1.807) is 10.9 Å². The Labute approximate surface area is 166 Å². The van der Waals surface area contributed by atoms with Crippen molar-refractivity contribution >= 4 is 34.4 Å². The molecule has 2 N–H and O–H groups in total. The molecule has 0 unspecified atom stereocenters. The first-order valence-electron chi connectivity index (χ1n) is 8.66. The molecule has 0 radical (unpaired) electrons. The molecule has 140 valence electrons. The second-order valence-corrected chi connectivity index (χ2v) is 7.17. The van der Waals surface area contributed by atoms with Crippen molar-refractivity contribution in [3.8, 4) is 5.82 Å². The number of aromatic nitrogens is 4. The molecule has 0 aliphatic carbocycles. The van der Waals surface area contributed by atoms with Crippen molar-refractivity contribution in [2.24, 2.45) is 0 Å². The van der Waals surface area contributed by atoms with Crippen LogP contribution in [0.4, 0.5) is 17.2 Å². The Hall–Kier alpha value is -3.52. The summed E-state index contributed by atoms with van der Waals surface area (Å²) in [6, 6.07) is 13.0. The van der Waals surface area contributed by atoms with Gasteiger partial charge in [0, 0.05) is 29.8 Å². The summed E-state index contributed by atoms with van der Waals surface area (Å²) in [5.41, 5.74) is 2.68. The van der Waals surface area contributed by atoms with E-state index in [0.717, 1.165) is 16.9 Å². The minimum Gasteiger partial charge on any atom is -0.340 e. The maximum absolute atomic E-state index is 12.2. The minimum atomic E-state index is -0.103. The minimum absolute atomic E-state index is 0.103. The largest absolute Gasteiger partial charge is 0.340 e. The normalized spacial score (nSPS) is 10.6. The molecule has 0 aliphatic heterocycles. The molecule has 0 spiro atoms. The molecule has 4 aromatic rings. The van der Waals surface area contributed by atoms with Crippen LogP contribution >= 0.6 is 11.3 Å². The van der Waals surface area contributed by atoms with Gasteiger partial charge in [0.2, 0.25) is 0 Å². The summed E-state index contributed by atoms with van der Waals surface area (Å²) in [5.74, 6) is 1.90. The van der Waals surface area contributed by atoms with Crippen molar-refractivity contribution < 1.29 is 4.79 Å². The van der Waals surface area contributed by atoms with Gasteiger partial charge >= 0.3 is 0 Å². The number of nitrogens with one attached hydrogen (secondary N) is 2. The first-order valence-corrected chi connectivity index (χ1v) is 9.54. The summed E-state index contributed by atoms with van der Waals surface area (Å²) < 4.78 is 1.69. The van der Waals surface area contributed by atoms with Gasteiger partial charge in [-0.05, 0) is 61.2 Å². The van der Waals surface area contributed by atoms with Crippen LogP contribution in [0.2, 0.25) is 0 Å². The van der Waals surface area contributed by atoms with E-state index >= 15 is 0 Å². The van der Waals surface area contributed by atoms with Crippen LogP contribution in [-0.2, 0) is 0 Å². The van der Waals surface area contributed by atoms with Gasteiger partial charge in [0.25, 0.3) is 5.91 Å². The van der Waals surface area contributed by atoms with Gasteiger partial charge in [-0.2, -0.15) is 5.10 Å². The van der Waals surface area contributed by atoms with Crippen molar-refractivity contribution in [1.82, 2.24) is 19.7 Å². The van der Waals surface area contributed by atoms with Gasteiger partial charge in [-0.1, -0.05) is 0 Å². The van der Waals surface area contributed by atoms with Gasteiger partial charge in [-0.25, -0.2) is 14.6 Å². The molecule has 1 aromatic carbocycles. The number of benzene rings is 1. The van der Waals surface area contributed by atoms with Crippen molar-refractivity contribution in [1.29, 1.82) is 0 Å². The van der Waals surface area contributed by atoms with Gasteiger partial charge < -0.3 is 10.6 Å². The lowest BCUT2D eigenvalue weighted by atomic mass is 10.2. The van der Waals surface area contributed by atoms with Crippen LogP contribution in [0.25, 0.3) is 5.82 Å². The zero-order valence-electron chi connectivity index (χ0n) is 15.4. The van der Waals surface area contributed by atoms with Crippen LogP contribution in [-0.4, -0.2) is 25.7 Å². The predicted molar refractivity (Wildman–Crippen MR) is 111 cm³/mol. The van der Waals surface area contributed by atoms with E-state index < -0.39 is 0 Å². The summed E-state index contributed by atoms with van der Waals surface area (Å²) in [6.07, 6.45) is 3.53. The second kappa shape index (κ2) is 7.61. The number of carbonyl (C=O) groups is 1. The Bertz CT molecular complexity index is 1100. The van der Waals surface area contributed by atoms with Crippen LogP contribution in [0.15, 0.2) is 60.2 Å². The monoisotopic (exact) mass is 390 g/mol. The lowest BCUT2D eigenvalue weighted by Crippen LogP contribution is -2.10. The summed E-state index contributed by atoms with van der Waals surface area (Å²) >= 11 is 1.44. The highest BCUT2D eigenvalue weighted by Gasteiger charge is 2.09. The Kier molecular flexibility index (Phi) is 4.86. The zero-order chi connectivity index (χ0) is 19.5. The van der Waals surface area contributed by atoms with Crippen molar-refractivity contribution in [3.63, 3.8) is 0 Å². The van der Waals surface area contributed by atoms with Crippen molar-refractivity contribution in [3.05, 3.63) is 76.5 Å². The highest BCUT2D eigenvalue weighted by atomic mass is 32.1. The SMILES string of the molecule is Cc1csc(C(=O)Nc2ccc(Nc3cc(-n4cccn4)nc(C)n3)cc2)c1. The molecule has 4 rings (SSSR count). The molecule has 28 heavy (non-hydrogen) atoms. The number of thiophene rings is 1. The third-order valence-electron chi connectivity index (χ3n) is 3.93. The highest BCUT2D eigenvalue weighted by Crippen LogP contribution is 2.21. The Morgan fingerprint density at radius 2 is 1.86 bits per heavy atom. The fourth-order valence-corrected chi connectivity index (χ4v) is 3.46. The fourth-order valence-electron chi connectivity index (χ4n) is 2.67. The molecular formula is C20H18N6OS. The second-order valence-electron chi connectivity index (χ2n) is 6.25. The van der Waals surface area contributed by atoms with Crippen LogP contribution in [0.3, 0.4) is 0 Å². The summed E-state index contributed by atoms with van der Waals surface area (Å²) in [4.78, 5) is 21.8. The van der Waals surface area contributed by atoms with Gasteiger partial charge in [-0.15, -0.1) is 11.3 Å². The number of anilines is 3. The smallest absolute Gasteiger partial charge is 0.265 e. The van der Waals surface area contributed by atoms with Gasteiger partial charge in [0.05, 0.1) is 4.88 Å². The van der Waals surface area contributed by atoms with E-state index in [4.69, 9.17) is 0 Å². The Morgan fingerprint density at radius 1 is 1.07 bits per heavy atom. The fraction of sp³-hybridized carbons (Fsp3) is 0.100. The topological polar surface area (TPSA) is 84.7 Å². The average Bonchev–Trinajstić information content (AvgIpc) is 3.35. The number of carbonyl (C=O) groups excluding carboxylic acids is 1. The highest BCUT2D eigenvalue weighted by molar-refractivity contribution is 7.12. The number of amides is 1. The van der Waals surface area contributed by atoms with E-state index in [2.05, 4.69) is 25.7 Å². The maximum Gasteiger partial charge on any atom is 0.265 e. The van der Waals surface area contributed by atoms with E-state index in [1.807, 2.05) is 67.9 Å². The van der Waals surface area contributed by atoms with E-state index in [1.165, 1.54) is 11.3 Å². The van der Waals surface area contributed by atoms with E-state index in [0.29, 0.717) is 22.3 Å². The first-order chi connectivity index (χ1) is 13.6. The first kappa shape index (κ1) is 17.9. The predicted octanol–water partition coefficient (Wildman–Crippen LogP) is 4.34. The van der Waals surface area contributed by atoms with Gasteiger partial charge in [-0.3, -0.25) is 4.79 Å². The molecular weight excluding hydrogens is 372 g/mol. The molecule has 0 fully saturated rings. The Morgan fingerprint density at radius 3 is 2.54 bits per heavy atom. The molecule has 1 amide bonds. The van der Waals surface area contributed by atoms with Gasteiger partial charge in [0.15, 0.2) is 5.82 Å². The molecule has 3 heterocycles. The summed E-state index contributed by atoms with van der Waals surface area (Å²) in [6.45, 7) is 3.81. The maximum atomic E-state index is 12.2. The van der Waals surface area contributed by atoms with E-state index in [-0.39, 0.29) is 5.91 Å². The number of nitrogens with zero attached hydrogens (tertiary/aromatic N) is 4.